The van der Waals surface area contributed by atoms with Crippen LogP contribution in [0.4, 0.5) is 4.39 Å². The molecule has 0 fully saturated rings. The van der Waals surface area contributed by atoms with E-state index in [0.29, 0.717) is 23.4 Å². The molecule has 2 heterocycles. The van der Waals surface area contributed by atoms with Gasteiger partial charge in [-0.25, -0.2) is 17.8 Å². The van der Waals surface area contributed by atoms with Gasteiger partial charge in [-0.05, 0) is 49.2 Å². The molecule has 0 aliphatic carbocycles. The zero-order valence-corrected chi connectivity index (χ0v) is 18.4. The van der Waals surface area contributed by atoms with Crippen molar-refractivity contribution in [2.45, 2.75) is 31.8 Å². The van der Waals surface area contributed by atoms with E-state index >= 15 is 0 Å². The first-order valence-electron chi connectivity index (χ1n) is 9.97. The van der Waals surface area contributed by atoms with E-state index in [9.17, 15) is 12.8 Å². The van der Waals surface area contributed by atoms with Crippen molar-refractivity contribution in [2.75, 3.05) is 6.26 Å². The van der Waals surface area contributed by atoms with Gasteiger partial charge in [0.05, 0.1) is 16.3 Å². The van der Waals surface area contributed by atoms with Crippen LogP contribution in [0.2, 0.25) is 0 Å². The maximum Gasteiger partial charge on any atom is 0.180 e. The molecule has 160 valence electrons. The Morgan fingerprint density at radius 2 is 1.87 bits per heavy atom. The lowest BCUT2D eigenvalue weighted by Gasteiger charge is -2.12. The van der Waals surface area contributed by atoms with E-state index in [1.807, 2.05) is 42.6 Å². The number of fused-ring (bicyclic) bond motifs is 1. The van der Waals surface area contributed by atoms with Crippen LogP contribution in [0.1, 0.15) is 23.7 Å². The van der Waals surface area contributed by atoms with Gasteiger partial charge in [0.25, 0.3) is 0 Å². The van der Waals surface area contributed by atoms with Gasteiger partial charge in [0, 0.05) is 23.6 Å². The Labute approximate surface area is 181 Å². The summed E-state index contributed by atoms with van der Waals surface area (Å²) in [4.78, 5) is 4.90. The number of rotatable bonds is 6. The lowest BCUT2D eigenvalue weighted by molar-refractivity contribution is 0.300. The first-order valence-corrected chi connectivity index (χ1v) is 11.9. The standard InChI is InChI=1S/C24H23FN2O3S/c1-4-17-8-6-11-21(25)20(17)15-30-22-12-7-13-27-23(16(2)26-24(22)27)18-9-5-10-19(14-18)31(3,28)29/h5-14H,4,15H2,1-3H3. The summed E-state index contributed by atoms with van der Waals surface area (Å²) in [6, 6.07) is 15.5. The third-order valence-electron chi connectivity index (χ3n) is 5.29. The topological polar surface area (TPSA) is 60.7 Å². The van der Waals surface area contributed by atoms with Gasteiger partial charge in [-0.3, -0.25) is 4.40 Å². The second-order valence-electron chi connectivity index (χ2n) is 7.43. The SMILES string of the molecule is CCc1cccc(F)c1COc1cccn2c(-c3cccc(S(C)(=O)=O)c3)c(C)nc12. The number of ether oxygens (including phenoxy) is 1. The summed E-state index contributed by atoms with van der Waals surface area (Å²) in [6.07, 6.45) is 3.75. The molecule has 0 bridgehead atoms. The maximum absolute atomic E-state index is 14.3. The molecular weight excluding hydrogens is 415 g/mol. The van der Waals surface area contributed by atoms with Crippen molar-refractivity contribution in [3.63, 3.8) is 0 Å². The summed E-state index contributed by atoms with van der Waals surface area (Å²) in [5, 5.41) is 0. The maximum atomic E-state index is 14.3. The normalized spacial score (nSPS) is 11.7. The van der Waals surface area contributed by atoms with Crippen LogP contribution in [0.3, 0.4) is 0 Å². The van der Waals surface area contributed by atoms with Gasteiger partial charge >= 0.3 is 0 Å². The zero-order valence-electron chi connectivity index (χ0n) is 17.6. The number of aryl methyl sites for hydroxylation is 2. The van der Waals surface area contributed by atoms with E-state index in [1.165, 1.54) is 12.3 Å². The van der Waals surface area contributed by atoms with E-state index in [1.54, 1.807) is 30.3 Å². The third kappa shape index (κ3) is 4.05. The summed E-state index contributed by atoms with van der Waals surface area (Å²) in [5.74, 6) is 0.241. The fourth-order valence-electron chi connectivity index (χ4n) is 3.74. The third-order valence-corrected chi connectivity index (χ3v) is 6.40. The summed E-state index contributed by atoms with van der Waals surface area (Å²) < 4.78 is 46.2. The number of pyridine rings is 1. The van der Waals surface area contributed by atoms with Crippen LogP contribution in [0, 0.1) is 12.7 Å². The number of halogens is 1. The smallest absolute Gasteiger partial charge is 0.180 e. The number of hydrogen-bond acceptors (Lipinski definition) is 4. The summed E-state index contributed by atoms with van der Waals surface area (Å²) >= 11 is 0. The summed E-state index contributed by atoms with van der Waals surface area (Å²) in [6.45, 7) is 3.94. The van der Waals surface area contributed by atoms with E-state index < -0.39 is 9.84 Å². The number of benzene rings is 2. The Hall–Kier alpha value is -3.19. The van der Waals surface area contributed by atoms with E-state index in [4.69, 9.17) is 4.74 Å². The van der Waals surface area contributed by atoms with Crippen LogP contribution >= 0.6 is 0 Å². The molecule has 0 unspecified atom stereocenters. The molecule has 5 nitrogen and oxygen atoms in total. The molecule has 0 saturated carbocycles. The largest absolute Gasteiger partial charge is 0.485 e. The minimum absolute atomic E-state index is 0.0975. The molecule has 4 rings (SSSR count). The Balaban J connectivity index is 1.75. The Morgan fingerprint density at radius 1 is 1.10 bits per heavy atom. The van der Waals surface area contributed by atoms with E-state index in [2.05, 4.69) is 4.98 Å². The minimum atomic E-state index is -3.33. The summed E-state index contributed by atoms with van der Waals surface area (Å²) in [7, 11) is -3.33. The predicted octanol–water partition coefficient (Wildman–Crippen LogP) is 4.99. The molecule has 0 spiro atoms. The number of imidazole rings is 1. The first kappa shape index (κ1) is 21.1. The highest BCUT2D eigenvalue weighted by molar-refractivity contribution is 7.90. The molecule has 0 saturated heterocycles. The number of nitrogens with zero attached hydrogens (tertiary/aromatic N) is 2. The molecule has 0 atom stereocenters. The molecule has 4 aromatic rings. The van der Waals surface area contributed by atoms with E-state index in [0.717, 1.165) is 22.5 Å². The fourth-order valence-corrected chi connectivity index (χ4v) is 4.40. The molecule has 0 aliphatic heterocycles. The van der Waals surface area contributed by atoms with Gasteiger partial charge < -0.3 is 4.74 Å². The van der Waals surface area contributed by atoms with Crippen LogP contribution in [-0.2, 0) is 22.9 Å². The fraction of sp³-hybridized carbons (Fsp3) is 0.208. The molecule has 2 aromatic heterocycles. The lowest BCUT2D eigenvalue weighted by Crippen LogP contribution is -2.04. The Bertz CT molecular complexity index is 1380. The number of sulfone groups is 1. The average molecular weight is 439 g/mol. The van der Waals surface area contributed by atoms with E-state index in [-0.39, 0.29) is 17.3 Å². The Morgan fingerprint density at radius 3 is 2.61 bits per heavy atom. The van der Waals surface area contributed by atoms with Crippen molar-refractivity contribution < 1.29 is 17.5 Å². The minimum Gasteiger partial charge on any atom is -0.485 e. The highest BCUT2D eigenvalue weighted by Crippen LogP contribution is 2.31. The van der Waals surface area contributed by atoms with Crippen molar-refractivity contribution in [1.29, 1.82) is 0 Å². The highest BCUT2D eigenvalue weighted by atomic mass is 32.2. The van der Waals surface area contributed by atoms with Gasteiger partial charge in [-0.15, -0.1) is 0 Å². The van der Waals surface area contributed by atoms with Crippen molar-refractivity contribution in [3.05, 3.63) is 83.4 Å². The van der Waals surface area contributed by atoms with Gasteiger partial charge in [0.2, 0.25) is 0 Å². The lowest BCUT2D eigenvalue weighted by atomic mass is 10.1. The van der Waals surface area contributed by atoms with Crippen molar-refractivity contribution in [2.24, 2.45) is 0 Å². The molecule has 2 aromatic carbocycles. The van der Waals surface area contributed by atoms with Gasteiger partial charge in [0.15, 0.2) is 21.2 Å². The van der Waals surface area contributed by atoms with Crippen LogP contribution in [0.25, 0.3) is 16.9 Å². The number of aromatic nitrogens is 2. The molecule has 31 heavy (non-hydrogen) atoms. The Kier molecular flexibility index (Phi) is 5.54. The van der Waals surface area contributed by atoms with Crippen LogP contribution < -0.4 is 4.74 Å². The van der Waals surface area contributed by atoms with Crippen molar-refractivity contribution in [3.8, 4) is 17.0 Å². The van der Waals surface area contributed by atoms with Gasteiger partial charge in [0.1, 0.15) is 12.4 Å². The molecule has 7 heteroatoms. The quantitative estimate of drug-likeness (QED) is 0.425. The predicted molar refractivity (Wildman–Crippen MR) is 119 cm³/mol. The average Bonchev–Trinajstić information content (AvgIpc) is 3.08. The second-order valence-corrected chi connectivity index (χ2v) is 9.45. The second kappa shape index (κ2) is 8.15. The van der Waals surface area contributed by atoms with Crippen LogP contribution in [0.5, 0.6) is 5.75 Å². The van der Waals surface area contributed by atoms with Crippen molar-refractivity contribution >= 4 is 15.5 Å². The monoisotopic (exact) mass is 438 g/mol. The highest BCUT2D eigenvalue weighted by Gasteiger charge is 2.17. The van der Waals surface area contributed by atoms with Crippen molar-refractivity contribution in [1.82, 2.24) is 9.38 Å². The molecule has 0 aliphatic rings. The molecule has 0 amide bonds. The molecule has 0 radical (unpaired) electrons. The van der Waals surface area contributed by atoms with Gasteiger partial charge in [-0.1, -0.05) is 31.2 Å². The van der Waals surface area contributed by atoms with Gasteiger partial charge in [-0.2, -0.15) is 0 Å². The van der Waals surface area contributed by atoms with Crippen LogP contribution in [-0.4, -0.2) is 24.1 Å². The number of hydrogen-bond donors (Lipinski definition) is 0. The first-order chi connectivity index (χ1) is 14.8. The summed E-state index contributed by atoms with van der Waals surface area (Å²) in [5.41, 5.74) is 4.30. The van der Waals surface area contributed by atoms with Crippen LogP contribution in [0.15, 0.2) is 65.7 Å². The molecule has 0 N–H and O–H groups in total. The molecular formula is C24H23FN2O3S. The zero-order chi connectivity index (χ0) is 22.2.